The van der Waals surface area contributed by atoms with Gasteiger partial charge in [-0.3, -0.25) is 0 Å². The second-order valence-electron chi connectivity index (χ2n) is 3.70. The van der Waals surface area contributed by atoms with Gasteiger partial charge in [-0.15, -0.1) is 0 Å². The highest BCUT2D eigenvalue weighted by molar-refractivity contribution is 5.56. The maximum absolute atomic E-state index is 9.01. The number of pyridine rings is 1. The molecule has 0 radical (unpaired) electrons. The Balaban J connectivity index is 3.10. The molecule has 0 amide bonds. The molecule has 1 aromatic rings. The van der Waals surface area contributed by atoms with Gasteiger partial charge in [0.05, 0.1) is 5.56 Å². The summed E-state index contributed by atoms with van der Waals surface area (Å²) in [7, 11) is 0. The van der Waals surface area contributed by atoms with Crippen LogP contribution in [-0.4, -0.2) is 17.6 Å². The molecule has 0 aromatic carbocycles. The first-order valence-corrected chi connectivity index (χ1v) is 4.93. The second-order valence-corrected chi connectivity index (χ2v) is 3.70. The van der Waals surface area contributed by atoms with E-state index >= 15 is 0 Å². The summed E-state index contributed by atoms with van der Waals surface area (Å²) in [5, 5.41) is 12.1. The molecule has 1 unspecified atom stereocenters. The van der Waals surface area contributed by atoms with E-state index in [2.05, 4.69) is 16.4 Å². The third kappa shape index (κ3) is 2.67. The summed E-state index contributed by atoms with van der Waals surface area (Å²) in [5.41, 5.74) is 7.95. The summed E-state index contributed by atoms with van der Waals surface area (Å²) in [5.74, 6) is 0.632. The average molecular weight is 204 g/mol. The first-order valence-electron chi connectivity index (χ1n) is 4.93. The number of hydrogen-bond acceptors (Lipinski definition) is 4. The highest BCUT2D eigenvalue weighted by Gasteiger charge is 2.09. The molecule has 0 bridgehead atoms. The van der Waals surface area contributed by atoms with Crippen molar-refractivity contribution in [2.45, 2.75) is 26.8 Å². The molecule has 80 valence electrons. The van der Waals surface area contributed by atoms with Crippen LogP contribution < -0.4 is 11.1 Å². The van der Waals surface area contributed by atoms with E-state index in [1.165, 1.54) is 0 Å². The van der Waals surface area contributed by atoms with Gasteiger partial charge in [-0.05, 0) is 32.4 Å². The summed E-state index contributed by atoms with van der Waals surface area (Å²) in [6, 6.07) is 4.17. The minimum Gasteiger partial charge on any atom is -0.365 e. The molecule has 0 aliphatic carbocycles. The van der Waals surface area contributed by atoms with Crippen molar-refractivity contribution in [1.82, 2.24) is 4.98 Å². The predicted molar refractivity (Wildman–Crippen MR) is 60.6 cm³/mol. The zero-order valence-corrected chi connectivity index (χ0v) is 9.33. The van der Waals surface area contributed by atoms with Crippen LogP contribution >= 0.6 is 0 Å². The van der Waals surface area contributed by atoms with Crippen LogP contribution in [0.25, 0.3) is 0 Å². The number of nitriles is 1. The van der Waals surface area contributed by atoms with Crippen LogP contribution in [0.2, 0.25) is 0 Å². The molecule has 1 atom stereocenters. The Kier molecular flexibility index (Phi) is 3.64. The van der Waals surface area contributed by atoms with Crippen molar-refractivity contribution in [3.05, 3.63) is 22.9 Å². The molecule has 4 nitrogen and oxygen atoms in total. The Hall–Kier alpha value is -1.60. The molecule has 0 fully saturated rings. The number of rotatable bonds is 3. The van der Waals surface area contributed by atoms with Gasteiger partial charge in [-0.25, -0.2) is 4.98 Å². The topological polar surface area (TPSA) is 74.7 Å². The standard InChI is InChI=1S/C11H16N4/c1-7-4-8(2)14-11(10(7)6-13)15-9(3)5-12/h4,9H,5,12H2,1-3H3,(H,14,15). The molecule has 3 N–H and O–H groups in total. The molecular weight excluding hydrogens is 188 g/mol. The molecule has 0 aliphatic rings. The minimum absolute atomic E-state index is 0.116. The van der Waals surface area contributed by atoms with Crippen molar-refractivity contribution in [3.8, 4) is 6.07 Å². The van der Waals surface area contributed by atoms with Crippen LogP contribution in [0, 0.1) is 25.2 Å². The number of aromatic nitrogens is 1. The van der Waals surface area contributed by atoms with Crippen LogP contribution in [0.1, 0.15) is 23.7 Å². The third-order valence-electron chi connectivity index (χ3n) is 2.19. The zero-order chi connectivity index (χ0) is 11.4. The van der Waals surface area contributed by atoms with Crippen LogP contribution in [0.5, 0.6) is 0 Å². The van der Waals surface area contributed by atoms with Gasteiger partial charge in [0.2, 0.25) is 0 Å². The molecule has 1 rings (SSSR count). The number of nitrogens with zero attached hydrogens (tertiary/aromatic N) is 2. The van der Waals surface area contributed by atoms with E-state index in [1.807, 2.05) is 26.8 Å². The number of anilines is 1. The van der Waals surface area contributed by atoms with Crippen LogP contribution in [0.3, 0.4) is 0 Å². The number of nitrogens with two attached hydrogens (primary N) is 1. The number of hydrogen-bond donors (Lipinski definition) is 2. The molecule has 4 heteroatoms. The first-order chi connectivity index (χ1) is 7.08. The quantitative estimate of drug-likeness (QED) is 0.778. The van der Waals surface area contributed by atoms with Crippen molar-refractivity contribution in [2.24, 2.45) is 5.73 Å². The maximum Gasteiger partial charge on any atom is 0.144 e. The van der Waals surface area contributed by atoms with Crippen molar-refractivity contribution in [2.75, 3.05) is 11.9 Å². The lowest BCUT2D eigenvalue weighted by atomic mass is 10.1. The lowest BCUT2D eigenvalue weighted by molar-refractivity contribution is 0.796. The molecule has 0 spiro atoms. The fraction of sp³-hybridized carbons (Fsp3) is 0.455. The van der Waals surface area contributed by atoms with Gasteiger partial charge in [0.25, 0.3) is 0 Å². The zero-order valence-electron chi connectivity index (χ0n) is 9.33. The fourth-order valence-corrected chi connectivity index (χ4v) is 1.37. The van der Waals surface area contributed by atoms with E-state index in [0.717, 1.165) is 11.3 Å². The van der Waals surface area contributed by atoms with Crippen LogP contribution in [0.4, 0.5) is 5.82 Å². The normalized spacial score (nSPS) is 11.9. The second kappa shape index (κ2) is 4.76. The summed E-state index contributed by atoms with van der Waals surface area (Å²) < 4.78 is 0. The summed E-state index contributed by atoms with van der Waals surface area (Å²) in [6.07, 6.45) is 0. The first kappa shape index (κ1) is 11.5. The van der Waals surface area contributed by atoms with Gasteiger partial charge in [0.15, 0.2) is 0 Å². The van der Waals surface area contributed by atoms with E-state index in [0.29, 0.717) is 17.9 Å². The lowest BCUT2D eigenvalue weighted by Gasteiger charge is -2.14. The van der Waals surface area contributed by atoms with Gasteiger partial charge in [0, 0.05) is 18.3 Å². The Labute approximate surface area is 90.1 Å². The van der Waals surface area contributed by atoms with Crippen molar-refractivity contribution < 1.29 is 0 Å². The van der Waals surface area contributed by atoms with Gasteiger partial charge in [-0.2, -0.15) is 5.26 Å². The smallest absolute Gasteiger partial charge is 0.144 e. The van der Waals surface area contributed by atoms with Crippen molar-refractivity contribution in [1.29, 1.82) is 5.26 Å². The van der Waals surface area contributed by atoms with E-state index in [1.54, 1.807) is 0 Å². The molecular formula is C11H16N4. The highest BCUT2D eigenvalue weighted by atomic mass is 15.0. The molecule has 1 heterocycles. The van der Waals surface area contributed by atoms with E-state index < -0.39 is 0 Å². The summed E-state index contributed by atoms with van der Waals surface area (Å²) in [4.78, 5) is 4.30. The lowest BCUT2D eigenvalue weighted by Crippen LogP contribution is -2.26. The Morgan fingerprint density at radius 3 is 2.80 bits per heavy atom. The Bertz CT molecular complexity index is 392. The minimum atomic E-state index is 0.116. The molecule has 1 aromatic heterocycles. The number of nitrogens with one attached hydrogen (secondary N) is 1. The Morgan fingerprint density at radius 2 is 2.27 bits per heavy atom. The average Bonchev–Trinajstić information content (AvgIpc) is 2.17. The third-order valence-corrected chi connectivity index (χ3v) is 2.19. The van der Waals surface area contributed by atoms with Crippen molar-refractivity contribution in [3.63, 3.8) is 0 Å². The summed E-state index contributed by atoms with van der Waals surface area (Å²) >= 11 is 0. The Morgan fingerprint density at radius 1 is 1.60 bits per heavy atom. The monoisotopic (exact) mass is 204 g/mol. The molecule has 15 heavy (non-hydrogen) atoms. The molecule has 0 saturated heterocycles. The van der Waals surface area contributed by atoms with E-state index in [9.17, 15) is 0 Å². The predicted octanol–water partition coefficient (Wildman–Crippen LogP) is 1.33. The molecule has 0 aliphatic heterocycles. The largest absolute Gasteiger partial charge is 0.365 e. The molecule has 0 saturated carbocycles. The van der Waals surface area contributed by atoms with Crippen molar-refractivity contribution >= 4 is 5.82 Å². The maximum atomic E-state index is 9.01. The van der Waals surface area contributed by atoms with E-state index in [4.69, 9.17) is 11.0 Å². The van der Waals surface area contributed by atoms with Gasteiger partial charge in [-0.1, -0.05) is 0 Å². The SMILES string of the molecule is Cc1cc(C)c(C#N)c(NC(C)CN)n1. The van der Waals surface area contributed by atoms with Gasteiger partial charge >= 0.3 is 0 Å². The van der Waals surface area contributed by atoms with Gasteiger partial charge < -0.3 is 11.1 Å². The van der Waals surface area contributed by atoms with Crippen LogP contribution in [0.15, 0.2) is 6.07 Å². The highest BCUT2D eigenvalue weighted by Crippen LogP contribution is 2.17. The van der Waals surface area contributed by atoms with E-state index in [-0.39, 0.29) is 6.04 Å². The fourth-order valence-electron chi connectivity index (χ4n) is 1.37. The van der Waals surface area contributed by atoms with Gasteiger partial charge in [0.1, 0.15) is 11.9 Å². The van der Waals surface area contributed by atoms with Crippen LogP contribution in [-0.2, 0) is 0 Å². The summed E-state index contributed by atoms with van der Waals surface area (Å²) in [6.45, 7) is 6.29. The number of aryl methyl sites for hydroxylation is 2.